The van der Waals surface area contributed by atoms with Crippen LogP contribution in [0, 0.1) is 12.7 Å². The lowest BCUT2D eigenvalue weighted by molar-refractivity contribution is 0.0949. The highest BCUT2D eigenvalue weighted by Gasteiger charge is 2.24. The zero-order chi connectivity index (χ0) is 21.3. The summed E-state index contributed by atoms with van der Waals surface area (Å²) in [4.78, 5) is 25.3. The van der Waals surface area contributed by atoms with Crippen molar-refractivity contribution in [3.63, 3.8) is 0 Å². The number of nitrogens with zero attached hydrogens (tertiary/aromatic N) is 2. The predicted octanol–water partition coefficient (Wildman–Crippen LogP) is 4.03. The molecule has 0 atom stereocenters. The molecule has 0 aliphatic heterocycles. The van der Waals surface area contributed by atoms with Crippen molar-refractivity contribution in [3.05, 3.63) is 76.9 Å². The van der Waals surface area contributed by atoms with E-state index in [1.165, 1.54) is 18.3 Å². The van der Waals surface area contributed by atoms with Crippen molar-refractivity contribution < 1.29 is 14.0 Å². The third kappa shape index (κ3) is 4.10. The smallest absolute Gasteiger partial charge is 0.259 e. The molecule has 0 bridgehead atoms. The maximum atomic E-state index is 13.2. The van der Waals surface area contributed by atoms with Gasteiger partial charge in [0.2, 0.25) is 0 Å². The summed E-state index contributed by atoms with van der Waals surface area (Å²) >= 11 is 0. The lowest BCUT2D eigenvalue weighted by Gasteiger charge is -2.12. The number of hydrogen-bond donors (Lipinski definition) is 2. The second-order valence-corrected chi connectivity index (χ2v) is 7.48. The van der Waals surface area contributed by atoms with Crippen LogP contribution >= 0.6 is 0 Å². The third-order valence-corrected chi connectivity index (χ3v) is 5.18. The van der Waals surface area contributed by atoms with Crippen molar-refractivity contribution in [2.45, 2.75) is 39.2 Å². The van der Waals surface area contributed by atoms with E-state index in [1.54, 1.807) is 28.9 Å². The highest BCUT2D eigenvalue weighted by atomic mass is 19.1. The number of halogens is 1. The molecule has 1 heterocycles. The van der Waals surface area contributed by atoms with Gasteiger partial charge < -0.3 is 10.6 Å². The monoisotopic (exact) mass is 406 g/mol. The first kappa shape index (κ1) is 19.8. The number of aromatic nitrogens is 2. The van der Waals surface area contributed by atoms with E-state index < -0.39 is 0 Å². The van der Waals surface area contributed by atoms with Gasteiger partial charge in [0, 0.05) is 17.3 Å². The normalized spacial score (nSPS) is 13.2. The van der Waals surface area contributed by atoms with Crippen LogP contribution < -0.4 is 10.6 Å². The first-order chi connectivity index (χ1) is 14.5. The number of carbonyl (C=O) groups is 2. The van der Waals surface area contributed by atoms with Crippen LogP contribution in [0.5, 0.6) is 0 Å². The summed E-state index contributed by atoms with van der Waals surface area (Å²) in [5, 5.41) is 10.2. The third-order valence-electron chi connectivity index (χ3n) is 5.18. The molecule has 0 radical (unpaired) electrons. The zero-order valence-corrected chi connectivity index (χ0v) is 16.9. The van der Waals surface area contributed by atoms with Gasteiger partial charge in [-0.3, -0.25) is 9.59 Å². The van der Waals surface area contributed by atoms with Crippen LogP contribution in [0.2, 0.25) is 0 Å². The van der Waals surface area contributed by atoms with Gasteiger partial charge in [0.1, 0.15) is 5.82 Å². The molecule has 0 unspecified atom stereocenters. The zero-order valence-electron chi connectivity index (χ0n) is 16.9. The van der Waals surface area contributed by atoms with Crippen LogP contribution in [0.15, 0.2) is 48.7 Å². The highest BCUT2D eigenvalue weighted by molar-refractivity contribution is 6.06. The quantitative estimate of drug-likeness (QED) is 0.649. The molecule has 1 saturated carbocycles. The Labute approximate surface area is 174 Å². The van der Waals surface area contributed by atoms with Crippen molar-refractivity contribution in [2.24, 2.45) is 0 Å². The fourth-order valence-electron chi connectivity index (χ4n) is 3.29. The highest BCUT2D eigenvalue weighted by Crippen LogP contribution is 2.23. The van der Waals surface area contributed by atoms with Crippen LogP contribution in [0.4, 0.5) is 10.1 Å². The summed E-state index contributed by atoms with van der Waals surface area (Å²) in [7, 11) is 0. The fraction of sp³-hybridized carbons (Fsp3) is 0.261. The standard InChI is InChI=1S/C23H23FN4O2/c1-3-21-19(13-25-28(21)18-10-6-16(24)7-11-18)23(30)27-20-12-15(5-4-14(20)2)22(29)26-17-8-9-17/h4-7,10-13,17H,3,8-9H2,1-2H3,(H,26,29)(H,27,30). The van der Waals surface area contributed by atoms with Gasteiger partial charge in [-0.2, -0.15) is 5.10 Å². The molecule has 3 aromatic rings. The minimum atomic E-state index is -0.331. The van der Waals surface area contributed by atoms with Gasteiger partial charge in [-0.25, -0.2) is 9.07 Å². The second-order valence-electron chi connectivity index (χ2n) is 7.48. The molecule has 2 N–H and O–H groups in total. The van der Waals surface area contributed by atoms with Crippen molar-refractivity contribution in [1.29, 1.82) is 0 Å². The molecule has 1 aliphatic carbocycles. The van der Waals surface area contributed by atoms with E-state index >= 15 is 0 Å². The van der Waals surface area contributed by atoms with Gasteiger partial charge in [-0.05, 0) is 68.1 Å². The number of anilines is 1. The molecule has 2 amide bonds. The Balaban J connectivity index is 1.58. The number of amides is 2. The maximum absolute atomic E-state index is 13.2. The Hall–Kier alpha value is -3.48. The number of aryl methyl sites for hydroxylation is 1. The molecule has 30 heavy (non-hydrogen) atoms. The lowest BCUT2D eigenvalue weighted by Crippen LogP contribution is -2.25. The van der Waals surface area contributed by atoms with Crippen LogP contribution in [-0.2, 0) is 6.42 Å². The average Bonchev–Trinajstić information content (AvgIpc) is 3.44. The van der Waals surface area contributed by atoms with Gasteiger partial charge >= 0.3 is 0 Å². The first-order valence-corrected chi connectivity index (χ1v) is 10.0. The molecule has 4 rings (SSSR count). The fourth-order valence-corrected chi connectivity index (χ4v) is 3.29. The molecule has 0 saturated heterocycles. The molecule has 154 valence electrons. The van der Waals surface area contributed by atoms with Gasteiger partial charge in [-0.1, -0.05) is 13.0 Å². The van der Waals surface area contributed by atoms with E-state index in [9.17, 15) is 14.0 Å². The molecular weight excluding hydrogens is 383 g/mol. The number of carbonyl (C=O) groups excluding carboxylic acids is 2. The average molecular weight is 406 g/mol. The van der Waals surface area contributed by atoms with E-state index in [-0.39, 0.29) is 23.7 Å². The predicted molar refractivity (Wildman–Crippen MR) is 113 cm³/mol. The molecule has 0 spiro atoms. The van der Waals surface area contributed by atoms with Gasteiger partial charge in [0.15, 0.2) is 0 Å². The van der Waals surface area contributed by atoms with Gasteiger partial charge in [-0.15, -0.1) is 0 Å². The SMILES string of the molecule is CCc1c(C(=O)Nc2cc(C(=O)NC3CC3)ccc2C)cnn1-c1ccc(F)cc1. The summed E-state index contributed by atoms with van der Waals surface area (Å²) in [6, 6.07) is 11.5. The summed E-state index contributed by atoms with van der Waals surface area (Å²) in [6.07, 6.45) is 4.11. The van der Waals surface area contributed by atoms with E-state index in [2.05, 4.69) is 15.7 Å². The van der Waals surface area contributed by atoms with E-state index in [0.29, 0.717) is 28.9 Å². The minimum absolute atomic E-state index is 0.133. The molecule has 2 aromatic carbocycles. The van der Waals surface area contributed by atoms with Gasteiger partial charge in [0.05, 0.1) is 23.1 Å². The molecule has 1 aromatic heterocycles. The molecular formula is C23H23FN4O2. The van der Waals surface area contributed by atoms with Gasteiger partial charge in [0.25, 0.3) is 11.8 Å². The Morgan fingerprint density at radius 2 is 1.87 bits per heavy atom. The Morgan fingerprint density at radius 1 is 1.13 bits per heavy atom. The van der Waals surface area contributed by atoms with E-state index in [1.807, 2.05) is 19.9 Å². The topological polar surface area (TPSA) is 76.0 Å². The van der Waals surface area contributed by atoms with Crippen molar-refractivity contribution in [2.75, 3.05) is 5.32 Å². The van der Waals surface area contributed by atoms with Crippen LogP contribution in [0.1, 0.15) is 51.7 Å². The largest absolute Gasteiger partial charge is 0.349 e. The van der Waals surface area contributed by atoms with E-state index in [4.69, 9.17) is 0 Å². The molecule has 1 fully saturated rings. The number of benzene rings is 2. The molecule has 7 heteroatoms. The van der Waals surface area contributed by atoms with Crippen LogP contribution in [0.3, 0.4) is 0 Å². The van der Waals surface area contributed by atoms with E-state index in [0.717, 1.165) is 24.1 Å². The second kappa shape index (κ2) is 8.10. The summed E-state index contributed by atoms with van der Waals surface area (Å²) < 4.78 is 14.9. The van der Waals surface area contributed by atoms with Crippen molar-refractivity contribution in [3.8, 4) is 5.69 Å². The Morgan fingerprint density at radius 3 is 2.53 bits per heavy atom. The van der Waals surface area contributed by atoms with Crippen LogP contribution in [0.25, 0.3) is 5.69 Å². The summed E-state index contributed by atoms with van der Waals surface area (Å²) in [5.74, 6) is -0.766. The van der Waals surface area contributed by atoms with Crippen molar-refractivity contribution in [1.82, 2.24) is 15.1 Å². The number of nitrogens with one attached hydrogen (secondary N) is 2. The summed E-state index contributed by atoms with van der Waals surface area (Å²) in [5.41, 5.74) is 3.80. The van der Waals surface area contributed by atoms with Crippen molar-refractivity contribution >= 4 is 17.5 Å². The summed E-state index contributed by atoms with van der Waals surface area (Å²) in [6.45, 7) is 3.81. The number of hydrogen-bond acceptors (Lipinski definition) is 3. The maximum Gasteiger partial charge on any atom is 0.259 e. The number of rotatable bonds is 6. The van der Waals surface area contributed by atoms with Crippen LogP contribution in [-0.4, -0.2) is 27.6 Å². The Bertz CT molecular complexity index is 1100. The first-order valence-electron chi connectivity index (χ1n) is 10.0. The Kier molecular flexibility index (Phi) is 5.35. The lowest BCUT2D eigenvalue weighted by atomic mass is 10.1. The minimum Gasteiger partial charge on any atom is -0.349 e. The molecule has 1 aliphatic rings. The molecule has 6 nitrogen and oxygen atoms in total.